The lowest BCUT2D eigenvalue weighted by Gasteiger charge is -2.60. The van der Waals surface area contributed by atoms with E-state index in [0.717, 1.165) is 43.4 Å². The van der Waals surface area contributed by atoms with Crippen LogP contribution in [0.3, 0.4) is 0 Å². The molecule has 0 bridgehead atoms. The Kier molecular flexibility index (Phi) is 3.56. The summed E-state index contributed by atoms with van der Waals surface area (Å²) in [4.78, 5) is 24.1. The van der Waals surface area contributed by atoms with Crippen LogP contribution in [0.2, 0.25) is 0 Å². The minimum atomic E-state index is 0.265. The van der Waals surface area contributed by atoms with E-state index >= 15 is 0 Å². The van der Waals surface area contributed by atoms with Crippen molar-refractivity contribution in [1.29, 1.82) is 0 Å². The van der Waals surface area contributed by atoms with Gasteiger partial charge in [-0.1, -0.05) is 13.8 Å². The summed E-state index contributed by atoms with van der Waals surface area (Å²) in [5, 5.41) is 0. The second kappa shape index (κ2) is 5.17. The van der Waals surface area contributed by atoms with Crippen molar-refractivity contribution in [2.45, 2.75) is 78.6 Å². The SMILES string of the molecule is CC(=O)C1CCC2C3CC[C@H]4CC(=O)CC[C@]4(C)C3CCC12C. The van der Waals surface area contributed by atoms with Crippen molar-refractivity contribution in [3.63, 3.8) is 0 Å². The van der Waals surface area contributed by atoms with Crippen LogP contribution in [0.15, 0.2) is 0 Å². The van der Waals surface area contributed by atoms with Crippen molar-refractivity contribution in [3.05, 3.63) is 0 Å². The van der Waals surface area contributed by atoms with Crippen molar-refractivity contribution in [3.8, 4) is 0 Å². The van der Waals surface area contributed by atoms with E-state index in [-0.39, 0.29) is 5.41 Å². The zero-order chi connectivity index (χ0) is 16.4. The standard InChI is InChI=1S/C21H32O2/c1-13(22)17-6-7-18-16-5-4-14-12-15(23)8-10-20(14,2)19(16)9-11-21(17,18)3/h14,16-19H,4-12H2,1-3H3/t14-,16?,17?,18?,19?,20-,21?/m0/s1. The first-order valence-corrected chi connectivity index (χ1v) is 9.88. The summed E-state index contributed by atoms with van der Waals surface area (Å²) in [6.45, 7) is 6.74. The number of rotatable bonds is 1. The molecule has 0 aromatic rings. The number of carbonyl (C=O) groups is 2. The third-order valence-corrected chi connectivity index (χ3v) is 8.97. The predicted octanol–water partition coefficient (Wildman–Crippen LogP) is 4.80. The van der Waals surface area contributed by atoms with Gasteiger partial charge in [-0.05, 0) is 86.4 Å². The Morgan fingerprint density at radius 3 is 2.43 bits per heavy atom. The van der Waals surface area contributed by atoms with Crippen LogP contribution in [-0.2, 0) is 9.59 Å². The van der Waals surface area contributed by atoms with Gasteiger partial charge in [-0.25, -0.2) is 0 Å². The van der Waals surface area contributed by atoms with E-state index in [9.17, 15) is 9.59 Å². The van der Waals surface area contributed by atoms with Crippen LogP contribution in [0.25, 0.3) is 0 Å². The van der Waals surface area contributed by atoms with Gasteiger partial charge in [0.25, 0.3) is 0 Å². The fourth-order valence-electron chi connectivity index (χ4n) is 7.71. The predicted molar refractivity (Wildman–Crippen MR) is 90.9 cm³/mol. The Balaban J connectivity index is 1.63. The molecule has 0 spiro atoms. The average Bonchev–Trinajstić information content (AvgIpc) is 2.85. The van der Waals surface area contributed by atoms with Crippen molar-refractivity contribution in [1.82, 2.24) is 0 Å². The molecule has 0 aromatic carbocycles. The van der Waals surface area contributed by atoms with Gasteiger partial charge in [0.05, 0.1) is 0 Å². The summed E-state index contributed by atoms with van der Waals surface area (Å²) in [7, 11) is 0. The smallest absolute Gasteiger partial charge is 0.133 e. The van der Waals surface area contributed by atoms with E-state index in [1.807, 2.05) is 6.92 Å². The van der Waals surface area contributed by atoms with Crippen LogP contribution < -0.4 is 0 Å². The highest BCUT2D eigenvalue weighted by molar-refractivity contribution is 5.80. The molecule has 0 amide bonds. The Hall–Kier alpha value is -0.660. The maximum absolute atomic E-state index is 12.2. The first-order chi connectivity index (χ1) is 10.9. The molecule has 4 saturated carbocycles. The maximum atomic E-state index is 12.2. The number of hydrogen-bond acceptors (Lipinski definition) is 2. The van der Waals surface area contributed by atoms with E-state index in [2.05, 4.69) is 13.8 Å². The molecule has 4 rings (SSSR count). The average molecular weight is 316 g/mol. The van der Waals surface area contributed by atoms with Gasteiger partial charge in [0, 0.05) is 18.8 Å². The normalized spacial score (nSPS) is 52.5. The molecular formula is C21H32O2. The zero-order valence-corrected chi connectivity index (χ0v) is 15.1. The van der Waals surface area contributed by atoms with Gasteiger partial charge in [-0.3, -0.25) is 9.59 Å². The van der Waals surface area contributed by atoms with Crippen LogP contribution in [0.4, 0.5) is 0 Å². The van der Waals surface area contributed by atoms with Crippen LogP contribution in [-0.4, -0.2) is 11.6 Å². The van der Waals surface area contributed by atoms with Gasteiger partial charge in [-0.2, -0.15) is 0 Å². The molecule has 0 aromatic heterocycles. The highest BCUT2D eigenvalue weighted by Crippen LogP contribution is 2.67. The van der Waals surface area contributed by atoms with E-state index in [4.69, 9.17) is 0 Å². The van der Waals surface area contributed by atoms with E-state index in [1.54, 1.807) is 0 Å². The molecule has 0 aliphatic heterocycles. The number of carbonyl (C=O) groups excluding carboxylic acids is 2. The summed E-state index contributed by atoms with van der Waals surface area (Å²) in [6.07, 6.45) is 10.3. The number of Topliss-reactive ketones (excluding diaryl/α,β-unsaturated/α-hetero) is 2. The molecule has 2 heteroatoms. The van der Waals surface area contributed by atoms with Gasteiger partial charge in [0.15, 0.2) is 0 Å². The number of ketones is 2. The van der Waals surface area contributed by atoms with E-state index < -0.39 is 0 Å². The minimum absolute atomic E-state index is 0.265. The number of fused-ring (bicyclic) bond motifs is 5. The molecule has 23 heavy (non-hydrogen) atoms. The Bertz CT molecular complexity index is 538. The summed E-state index contributed by atoms with van der Waals surface area (Å²) >= 11 is 0. The van der Waals surface area contributed by atoms with E-state index in [0.29, 0.717) is 28.8 Å². The second-order valence-electron chi connectivity index (χ2n) is 9.68. The molecule has 0 N–H and O–H groups in total. The molecule has 4 fully saturated rings. The fourth-order valence-corrected chi connectivity index (χ4v) is 7.71. The van der Waals surface area contributed by atoms with Crippen molar-refractivity contribution in [2.24, 2.45) is 40.4 Å². The molecule has 0 radical (unpaired) electrons. The van der Waals surface area contributed by atoms with Gasteiger partial charge in [0.2, 0.25) is 0 Å². The monoisotopic (exact) mass is 316 g/mol. The molecular weight excluding hydrogens is 284 g/mol. The molecule has 4 aliphatic rings. The highest BCUT2D eigenvalue weighted by Gasteiger charge is 2.60. The van der Waals surface area contributed by atoms with Crippen molar-refractivity contribution >= 4 is 11.6 Å². The van der Waals surface area contributed by atoms with Crippen molar-refractivity contribution < 1.29 is 9.59 Å². The van der Waals surface area contributed by atoms with E-state index in [1.165, 1.54) is 32.1 Å². The van der Waals surface area contributed by atoms with Crippen LogP contribution >= 0.6 is 0 Å². The first-order valence-electron chi connectivity index (χ1n) is 9.88. The Labute approximate surface area is 140 Å². The minimum Gasteiger partial charge on any atom is -0.300 e. The second-order valence-corrected chi connectivity index (χ2v) is 9.68. The van der Waals surface area contributed by atoms with Gasteiger partial charge in [-0.15, -0.1) is 0 Å². The molecule has 4 aliphatic carbocycles. The molecule has 128 valence electrons. The first kappa shape index (κ1) is 15.8. The fraction of sp³-hybridized carbons (Fsp3) is 0.905. The third-order valence-electron chi connectivity index (χ3n) is 8.97. The Morgan fingerprint density at radius 2 is 1.70 bits per heavy atom. The molecule has 5 unspecified atom stereocenters. The Morgan fingerprint density at radius 1 is 0.957 bits per heavy atom. The van der Waals surface area contributed by atoms with Crippen LogP contribution in [0.5, 0.6) is 0 Å². The van der Waals surface area contributed by atoms with Crippen LogP contribution in [0.1, 0.15) is 78.6 Å². The lowest BCUT2D eigenvalue weighted by Crippen LogP contribution is -2.53. The number of hydrogen-bond donors (Lipinski definition) is 0. The quantitative estimate of drug-likeness (QED) is 0.696. The van der Waals surface area contributed by atoms with Gasteiger partial charge < -0.3 is 0 Å². The molecule has 0 heterocycles. The largest absolute Gasteiger partial charge is 0.300 e. The molecule has 2 nitrogen and oxygen atoms in total. The summed E-state index contributed by atoms with van der Waals surface area (Å²) in [5.41, 5.74) is 0.660. The zero-order valence-electron chi connectivity index (χ0n) is 15.1. The highest BCUT2D eigenvalue weighted by atomic mass is 16.1. The topological polar surface area (TPSA) is 34.1 Å². The summed E-state index contributed by atoms with van der Waals surface area (Å²) in [5.74, 6) is 4.25. The van der Waals surface area contributed by atoms with Gasteiger partial charge in [0.1, 0.15) is 11.6 Å². The summed E-state index contributed by atoms with van der Waals surface area (Å²) in [6, 6.07) is 0. The third kappa shape index (κ3) is 2.12. The lowest BCUT2D eigenvalue weighted by atomic mass is 9.44. The van der Waals surface area contributed by atoms with Crippen LogP contribution in [0, 0.1) is 40.4 Å². The molecule has 0 saturated heterocycles. The van der Waals surface area contributed by atoms with Gasteiger partial charge >= 0.3 is 0 Å². The maximum Gasteiger partial charge on any atom is 0.133 e. The molecule has 7 atom stereocenters. The summed E-state index contributed by atoms with van der Waals surface area (Å²) < 4.78 is 0. The lowest BCUT2D eigenvalue weighted by molar-refractivity contribution is -0.143. The van der Waals surface area contributed by atoms with Crippen molar-refractivity contribution in [2.75, 3.05) is 0 Å².